The minimum absolute atomic E-state index is 0.100. The van der Waals surface area contributed by atoms with E-state index >= 15 is 0 Å². The number of hydrogen-bond donors (Lipinski definition) is 1. The average molecular weight is 283 g/mol. The van der Waals surface area contributed by atoms with E-state index in [1.54, 1.807) is 24.5 Å². The third-order valence-corrected chi connectivity index (χ3v) is 3.27. The zero-order valence-corrected chi connectivity index (χ0v) is 10.0. The lowest BCUT2D eigenvalue weighted by atomic mass is 10.4. The lowest BCUT2D eigenvalue weighted by molar-refractivity contribution is 0.103. The molecule has 3 nitrogen and oxygen atoms in total. The van der Waals surface area contributed by atoms with E-state index in [9.17, 15) is 4.79 Å². The lowest BCUT2D eigenvalue weighted by Gasteiger charge is -2.04. The maximum absolute atomic E-state index is 11.7. The standard InChI is InChI=1S/C10H7BrN2OS/c11-7-6-12-4-3-8(7)13-10(14)9-2-1-5-15-9/h1-6H,(H,12,13,14). The van der Waals surface area contributed by atoms with Crippen LogP contribution in [0, 0.1) is 0 Å². The zero-order valence-electron chi connectivity index (χ0n) is 7.61. The summed E-state index contributed by atoms with van der Waals surface area (Å²) in [6.45, 7) is 0. The molecule has 1 N–H and O–H groups in total. The van der Waals surface area contributed by atoms with Crippen LogP contribution in [0.15, 0.2) is 40.4 Å². The molecule has 2 heterocycles. The first-order chi connectivity index (χ1) is 7.27. The van der Waals surface area contributed by atoms with Gasteiger partial charge in [-0.1, -0.05) is 6.07 Å². The normalized spacial score (nSPS) is 9.93. The van der Waals surface area contributed by atoms with Gasteiger partial charge in [0.1, 0.15) is 0 Å². The molecule has 15 heavy (non-hydrogen) atoms. The summed E-state index contributed by atoms with van der Waals surface area (Å²) < 4.78 is 0.773. The van der Waals surface area contributed by atoms with Crippen molar-refractivity contribution in [3.05, 3.63) is 45.3 Å². The highest BCUT2D eigenvalue weighted by atomic mass is 79.9. The number of halogens is 1. The molecule has 0 aliphatic rings. The first-order valence-corrected chi connectivity index (χ1v) is 5.89. The Balaban J connectivity index is 2.17. The van der Waals surface area contributed by atoms with E-state index in [2.05, 4.69) is 26.2 Å². The van der Waals surface area contributed by atoms with E-state index in [4.69, 9.17) is 0 Å². The van der Waals surface area contributed by atoms with Crippen molar-refractivity contribution in [2.45, 2.75) is 0 Å². The van der Waals surface area contributed by atoms with Crippen LogP contribution in [0.4, 0.5) is 5.69 Å². The monoisotopic (exact) mass is 282 g/mol. The highest BCUT2D eigenvalue weighted by Gasteiger charge is 2.08. The molecule has 0 fully saturated rings. The predicted octanol–water partition coefficient (Wildman–Crippen LogP) is 3.16. The molecule has 0 bridgehead atoms. The maximum atomic E-state index is 11.7. The van der Waals surface area contributed by atoms with Crippen molar-refractivity contribution < 1.29 is 4.79 Å². The largest absolute Gasteiger partial charge is 0.320 e. The maximum Gasteiger partial charge on any atom is 0.265 e. The van der Waals surface area contributed by atoms with Crippen molar-refractivity contribution in [3.63, 3.8) is 0 Å². The smallest absolute Gasteiger partial charge is 0.265 e. The summed E-state index contributed by atoms with van der Waals surface area (Å²) in [5.41, 5.74) is 0.725. The van der Waals surface area contributed by atoms with Gasteiger partial charge in [-0.15, -0.1) is 11.3 Å². The van der Waals surface area contributed by atoms with Crippen molar-refractivity contribution in [3.8, 4) is 0 Å². The van der Waals surface area contributed by atoms with Crippen LogP contribution < -0.4 is 5.32 Å². The molecule has 0 spiro atoms. The van der Waals surface area contributed by atoms with E-state index < -0.39 is 0 Å². The van der Waals surface area contributed by atoms with Crippen molar-refractivity contribution >= 4 is 38.9 Å². The molecule has 76 valence electrons. The van der Waals surface area contributed by atoms with Gasteiger partial charge in [-0.25, -0.2) is 0 Å². The van der Waals surface area contributed by atoms with Gasteiger partial charge in [0.15, 0.2) is 0 Å². The average Bonchev–Trinajstić information content (AvgIpc) is 2.74. The Labute approximate surface area is 99.3 Å². The van der Waals surface area contributed by atoms with Gasteiger partial charge in [0.05, 0.1) is 15.0 Å². The zero-order chi connectivity index (χ0) is 10.7. The number of rotatable bonds is 2. The molecule has 0 saturated carbocycles. The van der Waals surface area contributed by atoms with Gasteiger partial charge in [-0.2, -0.15) is 0 Å². The highest BCUT2D eigenvalue weighted by molar-refractivity contribution is 9.10. The number of aromatic nitrogens is 1. The second-order valence-electron chi connectivity index (χ2n) is 2.79. The van der Waals surface area contributed by atoms with Crippen LogP contribution in [0.2, 0.25) is 0 Å². The Hall–Kier alpha value is -1.20. The van der Waals surface area contributed by atoms with Crippen LogP contribution >= 0.6 is 27.3 Å². The number of carbonyl (C=O) groups excluding carboxylic acids is 1. The molecule has 0 unspecified atom stereocenters. The second-order valence-corrected chi connectivity index (χ2v) is 4.59. The molecule has 0 aliphatic heterocycles. The third kappa shape index (κ3) is 2.43. The first kappa shape index (κ1) is 10.3. The second kappa shape index (κ2) is 4.55. The Bertz CT molecular complexity index is 470. The first-order valence-electron chi connectivity index (χ1n) is 4.22. The Morgan fingerprint density at radius 3 is 3.00 bits per heavy atom. The lowest BCUT2D eigenvalue weighted by Crippen LogP contribution is -2.10. The molecule has 2 rings (SSSR count). The van der Waals surface area contributed by atoms with Crippen LogP contribution in [0.1, 0.15) is 9.67 Å². The number of nitrogens with one attached hydrogen (secondary N) is 1. The van der Waals surface area contributed by atoms with E-state index in [0.29, 0.717) is 4.88 Å². The summed E-state index contributed by atoms with van der Waals surface area (Å²) in [5.74, 6) is -0.100. The van der Waals surface area contributed by atoms with Crippen LogP contribution in [0.5, 0.6) is 0 Å². The van der Waals surface area contributed by atoms with Crippen molar-refractivity contribution in [1.29, 1.82) is 0 Å². The molecule has 0 radical (unpaired) electrons. The van der Waals surface area contributed by atoms with Gasteiger partial charge in [0, 0.05) is 12.4 Å². The summed E-state index contributed by atoms with van der Waals surface area (Å²) in [5, 5.41) is 4.67. The van der Waals surface area contributed by atoms with E-state index in [1.807, 2.05) is 11.4 Å². The van der Waals surface area contributed by atoms with Crippen molar-refractivity contribution in [2.75, 3.05) is 5.32 Å². The van der Waals surface area contributed by atoms with Gasteiger partial charge in [-0.3, -0.25) is 9.78 Å². The fourth-order valence-electron chi connectivity index (χ4n) is 1.07. The van der Waals surface area contributed by atoms with Crippen LogP contribution in [0.3, 0.4) is 0 Å². The topological polar surface area (TPSA) is 42.0 Å². The Morgan fingerprint density at radius 1 is 1.47 bits per heavy atom. The number of thiophene rings is 1. The van der Waals surface area contributed by atoms with Gasteiger partial charge in [0.25, 0.3) is 5.91 Å². The quantitative estimate of drug-likeness (QED) is 0.919. The summed E-state index contributed by atoms with van der Waals surface area (Å²) in [6.07, 6.45) is 3.28. The molecule has 0 aliphatic carbocycles. The molecular formula is C10H7BrN2OS. The fourth-order valence-corrected chi connectivity index (χ4v) is 2.04. The molecule has 0 aromatic carbocycles. The summed E-state index contributed by atoms with van der Waals surface area (Å²) >= 11 is 4.73. The van der Waals surface area contributed by atoms with Gasteiger partial charge in [0.2, 0.25) is 0 Å². The molecule has 2 aromatic rings. The molecule has 0 saturated heterocycles. The van der Waals surface area contributed by atoms with E-state index in [-0.39, 0.29) is 5.91 Å². The van der Waals surface area contributed by atoms with Gasteiger partial charge < -0.3 is 5.32 Å². The minimum atomic E-state index is -0.100. The fraction of sp³-hybridized carbons (Fsp3) is 0. The van der Waals surface area contributed by atoms with Crippen LogP contribution in [0.25, 0.3) is 0 Å². The Morgan fingerprint density at radius 2 is 2.33 bits per heavy atom. The SMILES string of the molecule is O=C(Nc1ccncc1Br)c1cccs1. The number of nitrogens with zero attached hydrogens (tertiary/aromatic N) is 1. The number of amides is 1. The minimum Gasteiger partial charge on any atom is -0.320 e. The number of anilines is 1. The van der Waals surface area contributed by atoms with Gasteiger partial charge in [-0.05, 0) is 33.4 Å². The summed E-state index contributed by atoms with van der Waals surface area (Å²) in [6, 6.07) is 5.38. The van der Waals surface area contributed by atoms with Crippen molar-refractivity contribution in [2.24, 2.45) is 0 Å². The number of carbonyl (C=O) groups is 1. The number of pyridine rings is 1. The van der Waals surface area contributed by atoms with Crippen LogP contribution in [-0.4, -0.2) is 10.9 Å². The van der Waals surface area contributed by atoms with E-state index in [1.165, 1.54) is 11.3 Å². The molecular weight excluding hydrogens is 276 g/mol. The predicted molar refractivity (Wildman–Crippen MR) is 64.2 cm³/mol. The third-order valence-electron chi connectivity index (χ3n) is 1.77. The van der Waals surface area contributed by atoms with E-state index in [0.717, 1.165) is 10.2 Å². The Kier molecular flexibility index (Phi) is 3.13. The molecule has 0 atom stereocenters. The van der Waals surface area contributed by atoms with Crippen molar-refractivity contribution in [1.82, 2.24) is 4.98 Å². The molecule has 1 amide bonds. The van der Waals surface area contributed by atoms with Gasteiger partial charge >= 0.3 is 0 Å². The number of hydrogen-bond acceptors (Lipinski definition) is 3. The summed E-state index contributed by atoms with van der Waals surface area (Å²) in [7, 11) is 0. The summed E-state index contributed by atoms with van der Waals surface area (Å²) in [4.78, 5) is 16.3. The van der Waals surface area contributed by atoms with Crippen LogP contribution in [-0.2, 0) is 0 Å². The molecule has 2 aromatic heterocycles. The molecule has 5 heteroatoms. The highest BCUT2D eigenvalue weighted by Crippen LogP contribution is 2.21.